The van der Waals surface area contributed by atoms with Gasteiger partial charge in [0.05, 0.1) is 6.10 Å². The van der Waals surface area contributed by atoms with Crippen LogP contribution in [0, 0.1) is 5.92 Å². The van der Waals surface area contributed by atoms with Gasteiger partial charge in [-0.25, -0.2) is 0 Å². The summed E-state index contributed by atoms with van der Waals surface area (Å²) in [5, 5.41) is 10.4. The summed E-state index contributed by atoms with van der Waals surface area (Å²) in [5.74, 6) is 1.74. The Balaban J connectivity index is 1.83. The van der Waals surface area contributed by atoms with Crippen molar-refractivity contribution in [3.8, 4) is 5.75 Å². The first-order valence-electron chi connectivity index (χ1n) is 7.68. The average molecular weight is 260 g/mol. The topological polar surface area (TPSA) is 29.5 Å². The predicted molar refractivity (Wildman–Crippen MR) is 76.2 cm³/mol. The molecule has 1 aliphatic carbocycles. The molecule has 0 radical (unpaired) electrons. The molecule has 0 saturated heterocycles. The van der Waals surface area contributed by atoms with Crippen LogP contribution in [-0.2, 0) is 0 Å². The normalized spacial score (nSPS) is 34.4. The van der Waals surface area contributed by atoms with E-state index in [0.29, 0.717) is 0 Å². The molecule has 0 amide bonds. The van der Waals surface area contributed by atoms with Gasteiger partial charge in [-0.15, -0.1) is 0 Å². The zero-order chi connectivity index (χ0) is 13.3. The highest BCUT2D eigenvalue weighted by Crippen LogP contribution is 2.46. The summed E-state index contributed by atoms with van der Waals surface area (Å²) < 4.78 is 6.34. The molecular formula is C17H24O2. The second-order valence-corrected chi connectivity index (χ2v) is 6.25. The molecule has 1 heterocycles. The van der Waals surface area contributed by atoms with Gasteiger partial charge in [-0.1, -0.05) is 38.0 Å². The molecule has 1 N–H and O–H groups in total. The van der Waals surface area contributed by atoms with Crippen LogP contribution in [-0.4, -0.2) is 10.7 Å². The van der Waals surface area contributed by atoms with E-state index in [1.807, 2.05) is 24.3 Å². The zero-order valence-electron chi connectivity index (χ0n) is 11.8. The Kier molecular flexibility index (Phi) is 3.53. The zero-order valence-corrected chi connectivity index (χ0v) is 11.8. The van der Waals surface area contributed by atoms with E-state index >= 15 is 0 Å². The first kappa shape index (κ1) is 13.0. The van der Waals surface area contributed by atoms with Crippen molar-refractivity contribution < 1.29 is 9.84 Å². The van der Waals surface area contributed by atoms with Crippen LogP contribution in [0.2, 0.25) is 0 Å². The van der Waals surface area contributed by atoms with Gasteiger partial charge in [0.2, 0.25) is 0 Å². The number of aliphatic hydroxyl groups is 1. The highest BCUT2D eigenvalue weighted by atomic mass is 16.5. The summed E-state index contributed by atoms with van der Waals surface area (Å²) >= 11 is 0. The molecule has 104 valence electrons. The second-order valence-electron chi connectivity index (χ2n) is 6.25. The van der Waals surface area contributed by atoms with Crippen LogP contribution < -0.4 is 4.74 Å². The van der Waals surface area contributed by atoms with Gasteiger partial charge in [-0.3, -0.25) is 0 Å². The fourth-order valence-corrected chi connectivity index (χ4v) is 3.75. The van der Waals surface area contributed by atoms with E-state index in [0.717, 1.165) is 36.5 Å². The highest BCUT2D eigenvalue weighted by Gasteiger charge is 2.41. The van der Waals surface area contributed by atoms with Crippen molar-refractivity contribution in [2.75, 3.05) is 0 Å². The summed E-state index contributed by atoms with van der Waals surface area (Å²) in [7, 11) is 0. The van der Waals surface area contributed by atoms with E-state index in [2.05, 4.69) is 6.92 Å². The van der Waals surface area contributed by atoms with Crippen LogP contribution in [0.25, 0.3) is 0 Å². The van der Waals surface area contributed by atoms with Gasteiger partial charge in [0.1, 0.15) is 11.4 Å². The summed E-state index contributed by atoms with van der Waals surface area (Å²) in [6, 6.07) is 7.96. The molecule has 1 spiro atoms. The number of ether oxygens (including phenoxy) is 1. The first-order valence-corrected chi connectivity index (χ1v) is 7.68. The molecule has 3 rings (SSSR count). The molecule has 2 nitrogen and oxygen atoms in total. The van der Waals surface area contributed by atoms with E-state index < -0.39 is 0 Å². The van der Waals surface area contributed by atoms with E-state index in [1.165, 1.54) is 25.7 Å². The third-order valence-corrected chi connectivity index (χ3v) is 5.00. The van der Waals surface area contributed by atoms with E-state index in [1.54, 1.807) is 0 Å². The quantitative estimate of drug-likeness (QED) is 0.818. The van der Waals surface area contributed by atoms with Gasteiger partial charge in [-0.05, 0) is 37.7 Å². The molecule has 3 atom stereocenters. The smallest absolute Gasteiger partial charge is 0.125 e. The van der Waals surface area contributed by atoms with Crippen LogP contribution in [0.4, 0.5) is 0 Å². The van der Waals surface area contributed by atoms with Crippen molar-refractivity contribution >= 4 is 0 Å². The minimum atomic E-state index is -0.358. The number of hydrogen-bond acceptors (Lipinski definition) is 2. The summed E-state index contributed by atoms with van der Waals surface area (Å²) in [4.78, 5) is 0. The molecule has 2 heteroatoms. The Morgan fingerprint density at radius 1 is 1.26 bits per heavy atom. The molecule has 1 aliphatic heterocycles. The van der Waals surface area contributed by atoms with Crippen LogP contribution in [0.5, 0.6) is 5.75 Å². The van der Waals surface area contributed by atoms with Crippen LogP contribution in [0.3, 0.4) is 0 Å². The molecule has 1 saturated carbocycles. The number of aliphatic hydroxyl groups excluding tert-OH is 1. The van der Waals surface area contributed by atoms with E-state index in [4.69, 9.17) is 4.74 Å². The molecule has 3 unspecified atom stereocenters. The molecule has 1 fully saturated rings. The lowest BCUT2D eigenvalue weighted by atomic mass is 9.83. The Morgan fingerprint density at radius 3 is 2.95 bits per heavy atom. The minimum absolute atomic E-state index is 0.113. The van der Waals surface area contributed by atoms with Crippen LogP contribution >= 0.6 is 0 Å². The lowest BCUT2D eigenvalue weighted by Gasteiger charge is -2.40. The van der Waals surface area contributed by atoms with Crippen molar-refractivity contribution in [1.29, 1.82) is 0 Å². The molecule has 2 aliphatic rings. The van der Waals surface area contributed by atoms with E-state index in [-0.39, 0.29) is 11.7 Å². The summed E-state index contributed by atoms with van der Waals surface area (Å²) in [6.07, 6.45) is 7.66. The van der Waals surface area contributed by atoms with Crippen LogP contribution in [0.1, 0.15) is 63.5 Å². The number of fused-ring (bicyclic) bond motifs is 1. The van der Waals surface area contributed by atoms with Gasteiger partial charge in [0.25, 0.3) is 0 Å². The van der Waals surface area contributed by atoms with Crippen molar-refractivity contribution in [3.05, 3.63) is 29.8 Å². The predicted octanol–water partition coefficient (Wildman–Crippen LogP) is 4.23. The monoisotopic (exact) mass is 260 g/mol. The Bertz CT molecular complexity index is 443. The molecular weight excluding hydrogens is 236 g/mol. The van der Waals surface area contributed by atoms with Gasteiger partial charge < -0.3 is 9.84 Å². The lowest BCUT2D eigenvalue weighted by molar-refractivity contribution is -0.0251. The van der Waals surface area contributed by atoms with Crippen molar-refractivity contribution in [1.82, 2.24) is 0 Å². The summed E-state index contributed by atoms with van der Waals surface area (Å²) in [6.45, 7) is 2.29. The highest BCUT2D eigenvalue weighted by molar-refractivity contribution is 5.38. The van der Waals surface area contributed by atoms with Gasteiger partial charge in [0, 0.05) is 12.0 Å². The maximum Gasteiger partial charge on any atom is 0.125 e. The third kappa shape index (κ3) is 2.51. The maximum absolute atomic E-state index is 10.4. The SMILES string of the molecule is CCC1CCCC2(CC1)CC(O)c1ccccc1O2. The maximum atomic E-state index is 10.4. The summed E-state index contributed by atoms with van der Waals surface area (Å²) in [5.41, 5.74) is 0.849. The molecule has 0 bridgehead atoms. The fraction of sp³-hybridized carbons (Fsp3) is 0.647. The van der Waals surface area contributed by atoms with Gasteiger partial charge >= 0.3 is 0 Å². The molecule has 19 heavy (non-hydrogen) atoms. The standard InChI is InChI=1S/C17H24O2/c1-2-13-6-5-10-17(11-9-13)12-15(18)14-7-3-4-8-16(14)19-17/h3-4,7-8,13,15,18H,2,5-6,9-12H2,1H3. The molecule has 1 aromatic carbocycles. The number of para-hydroxylation sites is 1. The van der Waals surface area contributed by atoms with Gasteiger partial charge in [-0.2, -0.15) is 0 Å². The lowest BCUT2D eigenvalue weighted by Crippen LogP contribution is -2.40. The largest absolute Gasteiger partial charge is 0.487 e. The number of rotatable bonds is 1. The van der Waals surface area contributed by atoms with Crippen molar-refractivity contribution in [2.45, 2.75) is 63.6 Å². The van der Waals surface area contributed by atoms with E-state index in [9.17, 15) is 5.11 Å². The molecule has 0 aromatic heterocycles. The van der Waals surface area contributed by atoms with Crippen LogP contribution in [0.15, 0.2) is 24.3 Å². The Hall–Kier alpha value is -1.02. The molecule has 1 aromatic rings. The second kappa shape index (κ2) is 5.16. The number of hydrogen-bond donors (Lipinski definition) is 1. The Morgan fingerprint density at radius 2 is 2.11 bits per heavy atom. The van der Waals surface area contributed by atoms with Crippen molar-refractivity contribution in [3.63, 3.8) is 0 Å². The third-order valence-electron chi connectivity index (χ3n) is 5.00. The average Bonchev–Trinajstić information content (AvgIpc) is 2.61. The first-order chi connectivity index (χ1) is 9.22. The minimum Gasteiger partial charge on any atom is -0.487 e. The Labute approximate surface area is 115 Å². The van der Waals surface area contributed by atoms with Gasteiger partial charge in [0.15, 0.2) is 0 Å². The number of benzene rings is 1. The van der Waals surface area contributed by atoms with Crippen molar-refractivity contribution in [2.24, 2.45) is 5.92 Å². The fourth-order valence-electron chi connectivity index (χ4n) is 3.75.